The van der Waals surface area contributed by atoms with Crippen molar-refractivity contribution in [1.82, 2.24) is 14.7 Å². The SMILES string of the molecule is CN1C(=O)N(CC(=O)N2CCCCC2)C(=O)C2C1=NC=[N+]2C. The van der Waals surface area contributed by atoms with Gasteiger partial charge in [-0.2, -0.15) is 0 Å². The molecule has 0 aromatic heterocycles. The number of likely N-dealkylation sites (N-methyl/N-ethyl adjacent to an activating group) is 2. The van der Waals surface area contributed by atoms with Crippen molar-refractivity contribution in [3.8, 4) is 0 Å². The lowest BCUT2D eigenvalue weighted by Crippen LogP contribution is -2.63. The monoisotopic (exact) mass is 306 g/mol. The summed E-state index contributed by atoms with van der Waals surface area (Å²) in [5.41, 5.74) is 0. The Bertz CT molecular complexity index is 591. The van der Waals surface area contributed by atoms with Gasteiger partial charge in [-0.15, -0.1) is 0 Å². The summed E-state index contributed by atoms with van der Waals surface area (Å²) < 4.78 is 1.65. The zero-order valence-corrected chi connectivity index (χ0v) is 12.9. The zero-order chi connectivity index (χ0) is 15.9. The minimum Gasteiger partial charge on any atom is -0.341 e. The van der Waals surface area contributed by atoms with Crippen LogP contribution in [0, 0.1) is 0 Å². The first-order valence-corrected chi connectivity index (χ1v) is 7.50. The van der Waals surface area contributed by atoms with Gasteiger partial charge in [0.2, 0.25) is 5.91 Å². The molecule has 0 radical (unpaired) electrons. The molecule has 0 bridgehead atoms. The number of carbonyl (C=O) groups is 3. The molecule has 3 aliphatic heterocycles. The van der Waals surface area contributed by atoms with E-state index in [1.165, 1.54) is 11.2 Å². The first kappa shape index (κ1) is 14.7. The first-order chi connectivity index (χ1) is 10.5. The van der Waals surface area contributed by atoms with Gasteiger partial charge in [0, 0.05) is 20.1 Å². The zero-order valence-electron chi connectivity index (χ0n) is 12.9. The fraction of sp³-hybridized carbons (Fsp3) is 0.643. The van der Waals surface area contributed by atoms with E-state index in [0.29, 0.717) is 18.9 Å². The number of amidine groups is 1. The molecule has 3 aliphatic rings. The number of piperidine rings is 1. The summed E-state index contributed by atoms with van der Waals surface area (Å²) in [5, 5.41) is 0. The summed E-state index contributed by atoms with van der Waals surface area (Å²) in [5.74, 6) is -0.137. The van der Waals surface area contributed by atoms with Gasteiger partial charge in [0.25, 0.3) is 24.1 Å². The highest BCUT2D eigenvalue weighted by molar-refractivity contribution is 6.22. The molecule has 1 unspecified atom stereocenters. The lowest BCUT2D eigenvalue weighted by molar-refractivity contribution is -0.500. The van der Waals surface area contributed by atoms with Gasteiger partial charge in [0.15, 0.2) is 0 Å². The minimum absolute atomic E-state index is 0.167. The summed E-state index contributed by atoms with van der Waals surface area (Å²) >= 11 is 0. The van der Waals surface area contributed by atoms with Crippen LogP contribution in [0.25, 0.3) is 0 Å². The third kappa shape index (κ3) is 2.28. The largest absolute Gasteiger partial charge is 0.341 e. The molecule has 22 heavy (non-hydrogen) atoms. The quantitative estimate of drug-likeness (QED) is 0.636. The first-order valence-electron chi connectivity index (χ1n) is 7.50. The van der Waals surface area contributed by atoms with Crippen LogP contribution in [-0.2, 0) is 9.59 Å². The fourth-order valence-corrected chi connectivity index (χ4v) is 3.07. The molecule has 3 rings (SSSR count). The number of rotatable bonds is 2. The molecular formula is C14H20N5O3+. The highest BCUT2D eigenvalue weighted by atomic mass is 16.2. The Kier molecular flexibility index (Phi) is 3.67. The molecular weight excluding hydrogens is 286 g/mol. The maximum absolute atomic E-state index is 12.6. The molecule has 0 aromatic rings. The average Bonchev–Trinajstić information content (AvgIpc) is 2.92. The number of fused-ring (bicyclic) bond motifs is 1. The minimum atomic E-state index is -0.614. The van der Waals surface area contributed by atoms with Gasteiger partial charge in [0.05, 0.1) is 7.05 Å². The van der Waals surface area contributed by atoms with E-state index >= 15 is 0 Å². The molecule has 8 heteroatoms. The maximum atomic E-state index is 12.6. The molecule has 4 amide bonds. The van der Waals surface area contributed by atoms with Crippen LogP contribution in [0.1, 0.15) is 19.3 Å². The van der Waals surface area contributed by atoms with Crippen LogP contribution >= 0.6 is 0 Å². The summed E-state index contributed by atoms with van der Waals surface area (Å²) in [6.07, 6.45) is 4.60. The summed E-state index contributed by atoms with van der Waals surface area (Å²) in [6, 6.07) is -1.11. The Morgan fingerprint density at radius 1 is 1.32 bits per heavy atom. The number of imide groups is 1. The number of hydrogen-bond acceptors (Lipinski definition) is 4. The number of urea groups is 1. The molecule has 0 saturated carbocycles. The average molecular weight is 306 g/mol. The number of likely N-dealkylation sites (tertiary alicyclic amines) is 1. The predicted molar refractivity (Wildman–Crippen MR) is 78.8 cm³/mol. The van der Waals surface area contributed by atoms with Crippen molar-refractivity contribution >= 4 is 30.0 Å². The molecule has 0 spiro atoms. The van der Waals surface area contributed by atoms with Crippen LogP contribution in [0.4, 0.5) is 4.79 Å². The highest BCUT2D eigenvalue weighted by Crippen LogP contribution is 2.18. The third-order valence-corrected chi connectivity index (χ3v) is 4.39. The second kappa shape index (κ2) is 5.51. The van der Waals surface area contributed by atoms with Crippen LogP contribution < -0.4 is 0 Å². The van der Waals surface area contributed by atoms with Gasteiger partial charge < -0.3 is 4.90 Å². The molecule has 0 aliphatic carbocycles. The molecule has 0 N–H and O–H groups in total. The molecule has 2 fully saturated rings. The lowest BCUT2D eigenvalue weighted by Gasteiger charge is -2.34. The standard InChI is InChI=1S/C14H20N5O3/c1-16-9-15-12-11(16)13(21)19(14(22)17(12)2)8-10(20)18-6-4-3-5-7-18/h9,11H,3-8H2,1-2H3/q+1. The van der Waals surface area contributed by atoms with Crippen LogP contribution in [0.15, 0.2) is 4.99 Å². The van der Waals surface area contributed by atoms with Gasteiger partial charge in [-0.05, 0) is 24.3 Å². The topological polar surface area (TPSA) is 76.3 Å². The molecule has 2 saturated heterocycles. The van der Waals surface area contributed by atoms with Gasteiger partial charge in [-0.1, -0.05) is 0 Å². The molecule has 0 aromatic carbocycles. The Morgan fingerprint density at radius 2 is 2.00 bits per heavy atom. The van der Waals surface area contributed by atoms with Gasteiger partial charge in [-0.3, -0.25) is 19.4 Å². The molecule has 3 heterocycles. The molecule has 1 atom stereocenters. The highest BCUT2D eigenvalue weighted by Gasteiger charge is 2.51. The summed E-state index contributed by atoms with van der Waals surface area (Å²) in [4.78, 5) is 45.5. The van der Waals surface area contributed by atoms with Gasteiger partial charge >= 0.3 is 6.03 Å². The van der Waals surface area contributed by atoms with Crippen molar-refractivity contribution < 1.29 is 19.0 Å². The van der Waals surface area contributed by atoms with Crippen molar-refractivity contribution in [2.75, 3.05) is 33.7 Å². The van der Waals surface area contributed by atoms with E-state index in [4.69, 9.17) is 0 Å². The number of carbonyl (C=O) groups excluding carboxylic acids is 3. The smallest absolute Gasteiger partial charge is 0.334 e. The van der Waals surface area contributed by atoms with E-state index in [1.54, 1.807) is 23.6 Å². The fourth-order valence-electron chi connectivity index (χ4n) is 3.07. The van der Waals surface area contributed by atoms with Crippen LogP contribution in [0.5, 0.6) is 0 Å². The van der Waals surface area contributed by atoms with Crippen molar-refractivity contribution in [2.45, 2.75) is 25.3 Å². The van der Waals surface area contributed by atoms with Crippen molar-refractivity contribution in [2.24, 2.45) is 4.99 Å². The normalized spacial score (nSPS) is 25.2. The Balaban J connectivity index is 1.76. The van der Waals surface area contributed by atoms with E-state index < -0.39 is 12.1 Å². The van der Waals surface area contributed by atoms with Crippen molar-refractivity contribution in [3.05, 3.63) is 0 Å². The van der Waals surface area contributed by atoms with Gasteiger partial charge in [-0.25, -0.2) is 9.37 Å². The van der Waals surface area contributed by atoms with E-state index in [0.717, 1.165) is 24.2 Å². The summed E-state index contributed by atoms with van der Waals surface area (Å²) in [6.45, 7) is 1.21. The molecule has 118 valence electrons. The van der Waals surface area contributed by atoms with Crippen LogP contribution in [0.2, 0.25) is 0 Å². The van der Waals surface area contributed by atoms with Crippen molar-refractivity contribution in [3.63, 3.8) is 0 Å². The van der Waals surface area contributed by atoms with E-state index in [1.807, 2.05) is 0 Å². The van der Waals surface area contributed by atoms with Crippen LogP contribution in [-0.4, -0.2) is 89.1 Å². The Morgan fingerprint density at radius 3 is 2.68 bits per heavy atom. The lowest BCUT2D eigenvalue weighted by atomic mass is 10.1. The van der Waals surface area contributed by atoms with Crippen molar-refractivity contribution in [1.29, 1.82) is 0 Å². The number of nitrogens with zero attached hydrogens (tertiary/aromatic N) is 5. The number of hydrogen-bond donors (Lipinski definition) is 0. The maximum Gasteiger partial charge on any atom is 0.334 e. The van der Waals surface area contributed by atoms with E-state index in [-0.39, 0.29) is 18.4 Å². The second-order valence-corrected chi connectivity index (χ2v) is 5.88. The van der Waals surface area contributed by atoms with E-state index in [2.05, 4.69) is 4.99 Å². The Labute approximate surface area is 128 Å². The van der Waals surface area contributed by atoms with Crippen LogP contribution in [0.3, 0.4) is 0 Å². The van der Waals surface area contributed by atoms with E-state index in [9.17, 15) is 14.4 Å². The Hall–Kier alpha value is -2.25. The van der Waals surface area contributed by atoms with Gasteiger partial charge in [0.1, 0.15) is 6.54 Å². The molecule has 8 nitrogen and oxygen atoms in total. The predicted octanol–water partition coefficient (Wildman–Crippen LogP) is -0.656. The number of aliphatic imine (C=N–C) groups is 1. The second-order valence-electron chi connectivity index (χ2n) is 5.88. The summed E-state index contributed by atoms with van der Waals surface area (Å²) in [7, 11) is 3.30. The number of amides is 4. The third-order valence-electron chi connectivity index (χ3n) is 4.39.